The summed E-state index contributed by atoms with van der Waals surface area (Å²) in [6, 6.07) is 0. The minimum absolute atomic E-state index is 0.373. The summed E-state index contributed by atoms with van der Waals surface area (Å²) in [5, 5.41) is 0. The van der Waals surface area contributed by atoms with Crippen molar-refractivity contribution in [2.24, 2.45) is 11.1 Å². The number of nitrogens with two attached hydrogens (primary N) is 1. The number of nitrogens with zero attached hydrogens (tertiary/aromatic N) is 1. The predicted molar refractivity (Wildman–Crippen MR) is 75.0 cm³/mol. The summed E-state index contributed by atoms with van der Waals surface area (Å²) >= 11 is 1.97. The van der Waals surface area contributed by atoms with Crippen LogP contribution >= 0.6 is 11.8 Å². The molecule has 16 heavy (non-hydrogen) atoms. The maximum atomic E-state index is 5.90. The first kappa shape index (κ1) is 14.3. The lowest BCUT2D eigenvalue weighted by Crippen LogP contribution is -2.47. The Morgan fingerprint density at radius 1 is 1.25 bits per heavy atom. The SMILES string of the molecule is CSC1(CN)CCN(CCC(C)(C)C)CC1. The van der Waals surface area contributed by atoms with Gasteiger partial charge in [0.2, 0.25) is 0 Å². The van der Waals surface area contributed by atoms with Gasteiger partial charge in [-0.25, -0.2) is 0 Å². The molecule has 0 aromatic heterocycles. The van der Waals surface area contributed by atoms with Gasteiger partial charge in [0.1, 0.15) is 0 Å². The highest BCUT2D eigenvalue weighted by Gasteiger charge is 2.32. The van der Waals surface area contributed by atoms with Crippen LogP contribution in [0.4, 0.5) is 0 Å². The van der Waals surface area contributed by atoms with Gasteiger partial charge in [-0.3, -0.25) is 0 Å². The van der Waals surface area contributed by atoms with Crippen LogP contribution in [0, 0.1) is 5.41 Å². The summed E-state index contributed by atoms with van der Waals surface area (Å²) in [6.07, 6.45) is 6.02. The van der Waals surface area contributed by atoms with Crippen LogP contribution in [-0.4, -0.2) is 42.1 Å². The minimum atomic E-state index is 0.373. The van der Waals surface area contributed by atoms with E-state index in [1.165, 1.54) is 38.9 Å². The number of hydrogen-bond donors (Lipinski definition) is 1. The van der Waals surface area contributed by atoms with E-state index < -0.39 is 0 Å². The standard InChI is InChI=1S/C13H28N2S/c1-12(2,3)5-8-15-9-6-13(11-14,16-4)7-10-15/h5-11,14H2,1-4H3. The van der Waals surface area contributed by atoms with Crippen molar-refractivity contribution in [1.82, 2.24) is 4.90 Å². The Labute approximate surface area is 105 Å². The molecule has 0 atom stereocenters. The van der Waals surface area contributed by atoms with E-state index in [2.05, 4.69) is 31.9 Å². The molecule has 1 saturated heterocycles. The fraction of sp³-hybridized carbons (Fsp3) is 1.00. The lowest BCUT2D eigenvalue weighted by atomic mass is 9.90. The Balaban J connectivity index is 2.32. The second-order valence-corrected chi connectivity index (χ2v) is 7.52. The second kappa shape index (κ2) is 5.74. The van der Waals surface area contributed by atoms with Crippen LogP contribution in [0.25, 0.3) is 0 Å². The molecule has 2 N–H and O–H groups in total. The first-order valence-corrected chi connectivity index (χ1v) is 7.61. The van der Waals surface area contributed by atoms with Crippen molar-refractivity contribution in [3.63, 3.8) is 0 Å². The zero-order chi connectivity index (χ0) is 12.2. The maximum Gasteiger partial charge on any atom is 0.0303 e. The highest BCUT2D eigenvalue weighted by atomic mass is 32.2. The summed E-state index contributed by atoms with van der Waals surface area (Å²) in [6.45, 7) is 11.5. The fourth-order valence-corrected chi connectivity index (χ4v) is 2.93. The second-order valence-electron chi connectivity index (χ2n) is 6.24. The molecule has 0 bridgehead atoms. The first-order chi connectivity index (χ1) is 7.41. The highest BCUT2D eigenvalue weighted by Crippen LogP contribution is 2.33. The van der Waals surface area contributed by atoms with Gasteiger partial charge < -0.3 is 10.6 Å². The summed E-state index contributed by atoms with van der Waals surface area (Å²) in [7, 11) is 0. The summed E-state index contributed by atoms with van der Waals surface area (Å²) < 4.78 is 0.373. The zero-order valence-corrected chi connectivity index (χ0v) is 12.2. The molecule has 1 heterocycles. The van der Waals surface area contributed by atoms with Gasteiger partial charge >= 0.3 is 0 Å². The van der Waals surface area contributed by atoms with E-state index in [-0.39, 0.29) is 0 Å². The number of hydrogen-bond acceptors (Lipinski definition) is 3. The monoisotopic (exact) mass is 244 g/mol. The maximum absolute atomic E-state index is 5.90. The molecular weight excluding hydrogens is 216 g/mol. The molecule has 0 spiro atoms. The smallest absolute Gasteiger partial charge is 0.0303 e. The Bertz CT molecular complexity index is 196. The quantitative estimate of drug-likeness (QED) is 0.824. The molecule has 1 fully saturated rings. The molecule has 1 aliphatic heterocycles. The van der Waals surface area contributed by atoms with E-state index in [1.54, 1.807) is 0 Å². The van der Waals surface area contributed by atoms with Gasteiger partial charge in [-0.1, -0.05) is 20.8 Å². The zero-order valence-electron chi connectivity index (χ0n) is 11.4. The summed E-state index contributed by atoms with van der Waals surface area (Å²) in [5.41, 5.74) is 6.36. The van der Waals surface area contributed by atoms with E-state index in [0.717, 1.165) is 6.54 Å². The Morgan fingerprint density at radius 2 is 1.81 bits per heavy atom. The van der Waals surface area contributed by atoms with Crippen molar-refractivity contribution < 1.29 is 0 Å². The van der Waals surface area contributed by atoms with Crippen LogP contribution in [0.2, 0.25) is 0 Å². The van der Waals surface area contributed by atoms with Crippen molar-refractivity contribution in [1.29, 1.82) is 0 Å². The van der Waals surface area contributed by atoms with Crippen LogP contribution in [0.5, 0.6) is 0 Å². The lowest BCUT2D eigenvalue weighted by Gasteiger charge is -2.40. The molecule has 2 nitrogen and oxygen atoms in total. The van der Waals surface area contributed by atoms with Crippen LogP contribution in [-0.2, 0) is 0 Å². The molecule has 0 unspecified atom stereocenters. The van der Waals surface area contributed by atoms with Crippen LogP contribution in [0.15, 0.2) is 0 Å². The molecule has 0 aromatic rings. The normalized spacial score (nSPS) is 22.3. The fourth-order valence-electron chi connectivity index (χ4n) is 2.17. The van der Waals surface area contributed by atoms with Crippen molar-refractivity contribution >= 4 is 11.8 Å². The minimum Gasteiger partial charge on any atom is -0.329 e. The Kier molecular flexibility index (Phi) is 5.14. The molecule has 1 rings (SSSR count). The van der Waals surface area contributed by atoms with Gasteiger partial charge in [0.15, 0.2) is 0 Å². The average Bonchev–Trinajstić information content (AvgIpc) is 2.26. The Hall–Kier alpha value is 0.270. The van der Waals surface area contributed by atoms with E-state index in [0.29, 0.717) is 10.2 Å². The van der Waals surface area contributed by atoms with E-state index >= 15 is 0 Å². The third-order valence-corrected chi connectivity index (χ3v) is 5.19. The van der Waals surface area contributed by atoms with Crippen molar-refractivity contribution in [3.8, 4) is 0 Å². The largest absolute Gasteiger partial charge is 0.329 e. The number of piperidine rings is 1. The van der Waals surface area contributed by atoms with E-state index in [4.69, 9.17) is 5.73 Å². The van der Waals surface area contributed by atoms with Gasteiger partial charge in [-0.2, -0.15) is 11.8 Å². The third-order valence-electron chi connectivity index (χ3n) is 3.75. The van der Waals surface area contributed by atoms with Crippen LogP contribution in [0.3, 0.4) is 0 Å². The van der Waals surface area contributed by atoms with Crippen LogP contribution < -0.4 is 5.73 Å². The molecule has 1 aliphatic rings. The third kappa shape index (κ3) is 4.27. The molecule has 0 aromatic carbocycles. The molecule has 0 radical (unpaired) electrons. The molecule has 0 saturated carbocycles. The Morgan fingerprint density at radius 3 is 2.19 bits per heavy atom. The predicted octanol–water partition coefficient (Wildman–Crippen LogP) is 2.58. The van der Waals surface area contributed by atoms with Gasteiger partial charge in [0.05, 0.1) is 0 Å². The van der Waals surface area contributed by atoms with E-state index in [9.17, 15) is 0 Å². The average molecular weight is 244 g/mol. The number of thioether (sulfide) groups is 1. The molecule has 0 amide bonds. The molecule has 0 aliphatic carbocycles. The van der Waals surface area contributed by atoms with Crippen molar-refractivity contribution in [2.45, 2.75) is 44.8 Å². The van der Waals surface area contributed by atoms with Crippen LogP contribution in [0.1, 0.15) is 40.0 Å². The first-order valence-electron chi connectivity index (χ1n) is 6.38. The van der Waals surface area contributed by atoms with Gasteiger partial charge in [0, 0.05) is 11.3 Å². The van der Waals surface area contributed by atoms with Gasteiger partial charge in [-0.05, 0) is 50.6 Å². The summed E-state index contributed by atoms with van der Waals surface area (Å²) in [4.78, 5) is 2.61. The van der Waals surface area contributed by atoms with Crippen molar-refractivity contribution in [2.75, 3.05) is 32.4 Å². The molecule has 96 valence electrons. The molecular formula is C13H28N2S. The van der Waals surface area contributed by atoms with Gasteiger partial charge in [-0.15, -0.1) is 0 Å². The number of rotatable bonds is 4. The summed E-state index contributed by atoms with van der Waals surface area (Å²) in [5.74, 6) is 0. The van der Waals surface area contributed by atoms with E-state index in [1.807, 2.05) is 11.8 Å². The topological polar surface area (TPSA) is 29.3 Å². The lowest BCUT2D eigenvalue weighted by molar-refractivity contribution is 0.177. The molecule has 3 heteroatoms. The number of likely N-dealkylation sites (tertiary alicyclic amines) is 1. The highest BCUT2D eigenvalue weighted by molar-refractivity contribution is 8.00. The van der Waals surface area contributed by atoms with Gasteiger partial charge in [0.25, 0.3) is 0 Å². The van der Waals surface area contributed by atoms with Crippen molar-refractivity contribution in [3.05, 3.63) is 0 Å².